The van der Waals surface area contributed by atoms with Crippen LogP contribution in [0, 0.1) is 5.92 Å². The highest BCUT2D eigenvalue weighted by Gasteiger charge is 2.55. The number of rotatable bonds is 4. The standard InChI is InChI=1S/C22H31N3O5/c1-16(2)14-19(26)23-11-7-22(8-12-23)25(21(28)18-6-5-13-29-18)17(15-30-22)20(27)24-9-3-4-10-24/h5-6,13,16-17H,3-4,7-12,14-15H2,1-2H3/t17-/m0/s1. The molecule has 4 heterocycles. The molecule has 1 atom stereocenters. The van der Waals surface area contributed by atoms with Crippen LogP contribution < -0.4 is 0 Å². The minimum atomic E-state index is -0.876. The van der Waals surface area contributed by atoms with E-state index >= 15 is 0 Å². The van der Waals surface area contributed by atoms with Crippen LogP contribution in [0.3, 0.4) is 0 Å². The molecule has 1 aromatic rings. The van der Waals surface area contributed by atoms with Gasteiger partial charge in [0.1, 0.15) is 11.8 Å². The first-order chi connectivity index (χ1) is 14.4. The first kappa shape index (κ1) is 20.9. The zero-order chi connectivity index (χ0) is 21.3. The Balaban J connectivity index is 1.55. The smallest absolute Gasteiger partial charge is 0.292 e. The van der Waals surface area contributed by atoms with Gasteiger partial charge in [-0.05, 0) is 30.9 Å². The Morgan fingerprint density at radius 1 is 1.10 bits per heavy atom. The van der Waals surface area contributed by atoms with Gasteiger partial charge in [-0.15, -0.1) is 0 Å². The topological polar surface area (TPSA) is 83.3 Å². The van der Waals surface area contributed by atoms with Gasteiger partial charge in [0.05, 0.1) is 12.9 Å². The highest BCUT2D eigenvalue weighted by atomic mass is 16.5. The summed E-state index contributed by atoms with van der Waals surface area (Å²) in [7, 11) is 0. The molecule has 3 amide bonds. The van der Waals surface area contributed by atoms with E-state index in [1.807, 2.05) is 23.6 Å². The molecule has 0 saturated carbocycles. The molecule has 4 rings (SSSR count). The van der Waals surface area contributed by atoms with Crippen LogP contribution in [-0.4, -0.2) is 77.0 Å². The van der Waals surface area contributed by atoms with E-state index in [4.69, 9.17) is 9.15 Å². The fourth-order valence-electron chi connectivity index (χ4n) is 4.81. The van der Waals surface area contributed by atoms with Gasteiger partial charge in [-0.3, -0.25) is 19.3 Å². The fraction of sp³-hybridized carbons (Fsp3) is 0.682. The molecule has 3 aliphatic rings. The van der Waals surface area contributed by atoms with Crippen molar-refractivity contribution in [3.63, 3.8) is 0 Å². The molecule has 1 aromatic heterocycles. The third-order valence-electron chi connectivity index (χ3n) is 6.39. The van der Waals surface area contributed by atoms with E-state index in [0.717, 1.165) is 25.9 Å². The van der Waals surface area contributed by atoms with Crippen molar-refractivity contribution in [1.82, 2.24) is 14.7 Å². The van der Waals surface area contributed by atoms with E-state index in [2.05, 4.69) is 0 Å². The van der Waals surface area contributed by atoms with Crippen molar-refractivity contribution in [2.75, 3.05) is 32.8 Å². The van der Waals surface area contributed by atoms with Crippen molar-refractivity contribution in [1.29, 1.82) is 0 Å². The molecule has 30 heavy (non-hydrogen) atoms. The minimum Gasteiger partial charge on any atom is -0.459 e. The molecule has 0 N–H and O–H groups in total. The van der Waals surface area contributed by atoms with E-state index in [1.54, 1.807) is 17.0 Å². The van der Waals surface area contributed by atoms with Crippen LogP contribution >= 0.6 is 0 Å². The molecule has 3 saturated heterocycles. The van der Waals surface area contributed by atoms with Gasteiger partial charge in [0.15, 0.2) is 5.76 Å². The van der Waals surface area contributed by atoms with Gasteiger partial charge >= 0.3 is 0 Å². The average molecular weight is 418 g/mol. The fourth-order valence-corrected chi connectivity index (χ4v) is 4.81. The lowest BCUT2D eigenvalue weighted by Gasteiger charge is -2.44. The molecule has 8 nitrogen and oxygen atoms in total. The number of carbonyl (C=O) groups is 3. The Morgan fingerprint density at radius 3 is 2.40 bits per heavy atom. The third-order valence-corrected chi connectivity index (χ3v) is 6.39. The largest absolute Gasteiger partial charge is 0.459 e. The van der Waals surface area contributed by atoms with Crippen LogP contribution in [0.25, 0.3) is 0 Å². The van der Waals surface area contributed by atoms with Gasteiger partial charge in [0, 0.05) is 45.4 Å². The lowest BCUT2D eigenvalue weighted by Crippen LogP contribution is -2.60. The van der Waals surface area contributed by atoms with Gasteiger partial charge in [0.25, 0.3) is 5.91 Å². The summed E-state index contributed by atoms with van der Waals surface area (Å²) in [6.45, 7) is 6.71. The Bertz CT molecular complexity index is 777. The minimum absolute atomic E-state index is 0.0532. The number of hydrogen-bond donors (Lipinski definition) is 0. The Labute approximate surface area is 177 Å². The van der Waals surface area contributed by atoms with Crippen molar-refractivity contribution >= 4 is 17.7 Å². The monoisotopic (exact) mass is 417 g/mol. The number of carbonyl (C=O) groups excluding carboxylic acids is 3. The summed E-state index contributed by atoms with van der Waals surface area (Å²) in [5.41, 5.74) is -0.876. The van der Waals surface area contributed by atoms with Crippen LogP contribution in [0.4, 0.5) is 0 Å². The molecule has 0 radical (unpaired) electrons. The van der Waals surface area contributed by atoms with Gasteiger partial charge in [-0.1, -0.05) is 13.8 Å². The predicted octanol–water partition coefficient (Wildman–Crippen LogP) is 2.11. The zero-order valence-corrected chi connectivity index (χ0v) is 17.8. The number of likely N-dealkylation sites (tertiary alicyclic amines) is 2. The number of piperidine rings is 1. The number of amides is 3. The molecule has 1 spiro atoms. The number of hydrogen-bond acceptors (Lipinski definition) is 5. The SMILES string of the molecule is CC(C)CC(=O)N1CCC2(CC1)OC[C@@H](C(=O)N1CCCC1)N2C(=O)c1ccco1. The maximum absolute atomic E-state index is 13.4. The van der Waals surface area contributed by atoms with E-state index in [-0.39, 0.29) is 30.1 Å². The van der Waals surface area contributed by atoms with E-state index in [1.165, 1.54) is 6.26 Å². The second-order valence-electron chi connectivity index (χ2n) is 8.94. The first-order valence-corrected chi connectivity index (χ1v) is 11.0. The Morgan fingerprint density at radius 2 is 1.80 bits per heavy atom. The van der Waals surface area contributed by atoms with Gasteiger partial charge in [0.2, 0.25) is 11.8 Å². The summed E-state index contributed by atoms with van der Waals surface area (Å²) in [5.74, 6) is 0.263. The number of furan rings is 1. The summed E-state index contributed by atoms with van der Waals surface area (Å²) < 4.78 is 11.6. The first-order valence-electron chi connectivity index (χ1n) is 11.0. The van der Waals surface area contributed by atoms with Crippen molar-refractivity contribution in [3.8, 4) is 0 Å². The highest BCUT2D eigenvalue weighted by Crippen LogP contribution is 2.39. The summed E-state index contributed by atoms with van der Waals surface area (Å²) >= 11 is 0. The van der Waals surface area contributed by atoms with E-state index < -0.39 is 11.8 Å². The third kappa shape index (κ3) is 3.85. The van der Waals surface area contributed by atoms with Crippen LogP contribution in [0.2, 0.25) is 0 Å². The molecule has 0 unspecified atom stereocenters. The van der Waals surface area contributed by atoms with Crippen LogP contribution in [-0.2, 0) is 14.3 Å². The van der Waals surface area contributed by atoms with Crippen molar-refractivity contribution < 1.29 is 23.5 Å². The molecular weight excluding hydrogens is 386 g/mol. The molecule has 3 fully saturated rings. The number of ether oxygens (including phenoxy) is 1. The Hall–Kier alpha value is -2.35. The van der Waals surface area contributed by atoms with E-state index in [0.29, 0.717) is 38.3 Å². The van der Waals surface area contributed by atoms with E-state index in [9.17, 15) is 14.4 Å². The summed E-state index contributed by atoms with van der Waals surface area (Å²) in [5, 5.41) is 0. The van der Waals surface area contributed by atoms with Gasteiger partial charge < -0.3 is 19.0 Å². The summed E-state index contributed by atoms with van der Waals surface area (Å²) in [4.78, 5) is 44.4. The van der Waals surface area contributed by atoms with Crippen molar-refractivity contribution in [3.05, 3.63) is 24.2 Å². The molecule has 3 aliphatic heterocycles. The number of nitrogens with zero attached hydrogens (tertiary/aromatic N) is 3. The maximum Gasteiger partial charge on any atom is 0.292 e. The van der Waals surface area contributed by atoms with Crippen LogP contribution in [0.15, 0.2) is 22.8 Å². The average Bonchev–Trinajstić information content (AvgIpc) is 3.48. The van der Waals surface area contributed by atoms with Crippen molar-refractivity contribution in [2.24, 2.45) is 5.92 Å². The maximum atomic E-state index is 13.4. The van der Waals surface area contributed by atoms with Crippen LogP contribution in [0.5, 0.6) is 0 Å². The molecule has 0 aliphatic carbocycles. The highest BCUT2D eigenvalue weighted by molar-refractivity contribution is 5.96. The lowest BCUT2D eigenvalue weighted by atomic mass is 9.96. The molecule has 164 valence electrons. The quantitative estimate of drug-likeness (QED) is 0.749. The Kier molecular flexibility index (Phi) is 5.86. The normalized spacial score (nSPS) is 23.6. The summed E-state index contributed by atoms with van der Waals surface area (Å²) in [6, 6.07) is 2.63. The molecular formula is C22H31N3O5. The van der Waals surface area contributed by atoms with Gasteiger partial charge in [-0.25, -0.2) is 0 Å². The predicted molar refractivity (Wildman–Crippen MR) is 108 cm³/mol. The second kappa shape index (κ2) is 8.41. The van der Waals surface area contributed by atoms with Crippen molar-refractivity contribution in [2.45, 2.75) is 57.7 Å². The molecule has 0 bridgehead atoms. The van der Waals surface area contributed by atoms with Gasteiger partial charge in [-0.2, -0.15) is 0 Å². The molecule has 0 aromatic carbocycles. The van der Waals surface area contributed by atoms with Crippen LogP contribution in [0.1, 0.15) is 56.5 Å². The second-order valence-corrected chi connectivity index (χ2v) is 8.94. The molecule has 8 heteroatoms. The lowest BCUT2D eigenvalue weighted by molar-refractivity contribution is -0.145. The zero-order valence-electron chi connectivity index (χ0n) is 17.8. The summed E-state index contributed by atoms with van der Waals surface area (Å²) in [6.07, 6.45) is 4.94.